The van der Waals surface area contributed by atoms with Crippen LogP contribution in [0.4, 0.5) is 11.4 Å². The molecule has 0 saturated carbocycles. The molecule has 1 aliphatic heterocycles. The Kier molecular flexibility index (Phi) is 5.08. The highest BCUT2D eigenvalue weighted by atomic mass is 35.5. The van der Waals surface area contributed by atoms with E-state index in [1.807, 2.05) is 42.5 Å². The average Bonchev–Trinajstić information content (AvgIpc) is 2.70. The number of carbonyl (C=O) groups excluding carboxylic acids is 1. The van der Waals surface area contributed by atoms with E-state index in [1.54, 1.807) is 35.0 Å². The molecule has 7 heteroatoms. The number of benzene rings is 2. The van der Waals surface area contributed by atoms with Gasteiger partial charge >= 0.3 is 0 Å². The predicted molar refractivity (Wildman–Crippen MR) is 109 cm³/mol. The molecule has 3 aromatic rings. The number of aromatic nitrogens is 1. The van der Waals surface area contributed by atoms with Crippen molar-refractivity contribution in [2.24, 2.45) is 0 Å². The van der Waals surface area contributed by atoms with Gasteiger partial charge in [-0.1, -0.05) is 47.3 Å². The first kappa shape index (κ1) is 17.9. The second-order valence-electron chi connectivity index (χ2n) is 5.69. The Balaban J connectivity index is 1.65. The van der Waals surface area contributed by atoms with Crippen LogP contribution in [0.5, 0.6) is 0 Å². The molecule has 4 nitrogen and oxygen atoms in total. The highest BCUT2D eigenvalue weighted by Gasteiger charge is 2.28. The number of anilines is 2. The minimum absolute atomic E-state index is 0.0690. The number of nitrogens with zero attached hydrogens (tertiary/aromatic N) is 3. The third-order valence-corrected chi connectivity index (χ3v) is 6.22. The van der Waals surface area contributed by atoms with Gasteiger partial charge in [0.15, 0.2) is 0 Å². The Morgan fingerprint density at radius 3 is 2.81 bits per heavy atom. The molecule has 0 unspecified atom stereocenters. The van der Waals surface area contributed by atoms with Gasteiger partial charge in [0.1, 0.15) is 0 Å². The molecule has 2 heterocycles. The fourth-order valence-electron chi connectivity index (χ4n) is 2.75. The molecule has 0 radical (unpaired) electrons. The molecule has 0 aliphatic carbocycles. The van der Waals surface area contributed by atoms with E-state index in [4.69, 9.17) is 16.9 Å². The van der Waals surface area contributed by atoms with Crippen LogP contribution in [-0.2, 0) is 4.79 Å². The van der Waals surface area contributed by atoms with Gasteiger partial charge in [-0.05, 0) is 42.5 Å². The molecule has 0 N–H and O–H groups in total. The number of amides is 1. The van der Waals surface area contributed by atoms with E-state index in [2.05, 4.69) is 11.1 Å². The first-order chi connectivity index (χ1) is 13.2. The van der Waals surface area contributed by atoms with Crippen molar-refractivity contribution in [3.05, 3.63) is 71.4 Å². The Morgan fingerprint density at radius 1 is 1.15 bits per heavy atom. The monoisotopic (exact) mass is 409 g/mol. The van der Waals surface area contributed by atoms with Crippen LogP contribution in [0.2, 0.25) is 5.02 Å². The van der Waals surface area contributed by atoms with Crippen LogP contribution in [0.25, 0.3) is 0 Å². The van der Waals surface area contributed by atoms with Crippen molar-refractivity contribution < 1.29 is 4.79 Å². The van der Waals surface area contributed by atoms with Crippen molar-refractivity contribution in [2.75, 3.05) is 10.7 Å². The van der Waals surface area contributed by atoms with Crippen LogP contribution >= 0.6 is 35.1 Å². The summed E-state index contributed by atoms with van der Waals surface area (Å²) in [5.41, 5.74) is 2.16. The maximum atomic E-state index is 13.1. The highest BCUT2D eigenvalue weighted by molar-refractivity contribution is 8.00. The maximum Gasteiger partial charge on any atom is 0.242 e. The van der Waals surface area contributed by atoms with Gasteiger partial charge in [0.2, 0.25) is 5.91 Å². The van der Waals surface area contributed by atoms with Gasteiger partial charge in [-0.15, -0.1) is 0 Å². The number of hydrogen-bond donors (Lipinski definition) is 0. The van der Waals surface area contributed by atoms with E-state index < -0.39 is 0 Å². The fraction of sp³-hybridized carbons (Fsp3) is 0.0500. The third kappa shape index (κ3) is 3.67. The molecule has 0 bridgehead atoms. The minimum atomic E-state index is -0.0690. The summed E-state index contributed by atoms with van der Waals surface area (Å²) in [5, 5.41) is 10.2. The quantitative estimate of drug-likeness (QED) is 0.532. The summed E-state index contributed by atoms with van der Waals surface area (Å²) < 4.78 is 0. The zero-order valence-electron chi connectivity index (χ0n) is 13.9. The molecule has 27 heavy (non-hydrogen) atoms. The van der Waals surface area contributed by atoms with Gasteiger partial charge in [0, 0.05) is 21.0 Å². The molecule has 4 rings (SSSR count). The molecule has 0 atom stereocenters. The number of rotatable bonds is 3. The lowest BCUT2D eigenvalue weighted by Crippen LogP contribution is -2.30. The van der Waals surface area contributed by atoms with E-state index in [1.165, 1.54) is 11.8 Å². The minimum Gasteiger partial charge on any atom is -0.278 e. The van der Waals surface area contributed by atoms with Crippen LogP contribution in [0, 0.1) is 11.3 Å². The summed E-state index contributed by atoms with van der Waals surface area (Å²) in [6.07, 6.45) is 1.58. The van der Waals surface area contributed by atoms with Crippen LogP contribution in [0.15, 0.2) is 75.6 Å². The van der Waals surface area contributed by atoms with Crippen molar-refractivity contribution in [1.29, 1.82) is 5.26 Å². The van der Waals surface area contributed by atoms with Gasteiger partial charge in [-0.3, -0.25) is 9.69 Å². The smallest absolute Gasteiger partial charge is 0.242 e. The van der Waals surface area contributed by atoms with E-state index >= 15 is 0 Å². The number of carbonyl (C=O) groups is 1. The van der Waals surface area contributed by atoms with Crippen molar-refractivity contribution in [3.8, 4) is 6.07 Å². The van der Waals surface area contributed by atoms with Crippen LogP contribution in [0.3, 0.4) is 0 Å². The van der Waals surface area contributed by atoms with Crippen molar-refractivity contribution in [1.82, 2.24) is 4.98 Å². The summed E-state index contributed by atoms with van der Waals surface area (Å²) in [6.45, 7) is 0. The van der Waals surface area contributed by atoms with E-state index in [9.17, 15) is 4.79 Å². The molecule has 0 spiro atoms. The Hall–Kier alpha value is -2.46. The Bertz CT molecular complexity index is 1080. The SMILES string of the molecule is N#Cc1ccnc(SCC(=O)N2c3ccccc3Sc3ccc(Cl)cc32)c1. The van der Waals surface area contributed by atoms with Gasteiger partial charge in [0.05, 0.1) is 33.8 Å². The lowest BCUT2D eigenvalue weighted by Gasteiger charge is -2.31. The van der Waals surface area contributed by atoms with Crippen molar-refractivity contribution in [2.45, 2.75) is 14.8 Å². The standard InChI is InChI=1S/C20H12ClN3OS2/c21-14-5-6-18-16(10-14)24(15-3-1-2-4-17(15)27-18)20(25)12-26-19-9-13(11-22)7-8-23-19/h1-10H,12H2. The molecule has 2 aromatic carbocycles. The first-order valence-corrected chi connectivity index (χ1v) is 10.2. The van der Waals surface area contributed by atoms with E-state index in [0.717, 1.165) is 21.2 Å². The molecule has 1 aromatic heterocycles. The first-order valence-electron chi connectivity index (χ1n) is 8.04. The van der Waals surface area contributed by atoms with Crippen molar-refractivity contribution in [3.63, 3.8) is 0 Å². The number of thioether (sulfide) groups is 1. The van der Waals surface area contributed by atoms with E-state index in [-0.39, 0.29) is 11.7 Å². The predicted octanol–water partition coefficient (Wildman–Crippen LogP) is 5.53. The number of halogens is 1. The highest BCUT2D eigenvalue weighted by Crippen LogP contribution is 2.48. The number of pyridine rings is 1. The largest absolute Gasteiger partial charge is 0.278 e. The lowest BCUT2D eigenvalue weighted by atomic mass is 10.2. The summed E-state index contributed by atoms with van der Waals surface area (Å²) in [5.74, 6) is 0.132. The molecule has 132 valence electrons. The van der Waals surface area contributed by atoms with Crippen LogP contribution in [0.1, 0.15) is 5.56 Å². The van der Waals surface area contributed by atoms with Crippen LogP contribution < -0.4 is 4.90 Å². The fourth-order valence-corrected chi connectivity index (χ4v) is 4.71. The second kappa shape index (κ2) is 7.65. The number of para-hydroxylation sites is 1. The summed E-state index contributed by atoms with van der Waals surface area (Å²) >= 11 is 9.12. The topological polar surface area (TPSA) is 57.0 Å². The molecule has 0 fully saturated rings. The zero-order valence-corrected chi connectivity index (χ0v) is 16.3. The zero-order chi connectivity index (χ0) is 18.8. The van der Waals surface area contributed by atoms with Gasteiger partial charge in [-0.25, -0.2) is 4.98 Å². The Morgan fingerprint density at radius 2 is 1.96 bits per heavy atom. The number of fused-ring (bicyclic) bond motifs is 2. The molecule has 0 saturated heterocycles. The normalized spacial score (nSPS) is 12.1. The van der Waals surface area contributed by atoms with E-state index in [0.29, 0.717) is 15.6 Å². The van der Waals surface area contributed by atoms with Crippen LogP contribution in [-0.4, -0.2) is 16.6 Å². The summed E-state index contributed by atoms with van der Waals surface area (Å²) in [6, 6.07) is 18.8. The maximum absolute atomic E-state index is 13.1. The molecular weight excluding hydrogens is 398 g/mol. The lowest BCUT2D eigenvalue weighted by molar-refractivity contribution is -0.115. The van der Waals surface area contributed by atoms with Gasteiger partial charge in [0.25, 0.3) is 0 Å². The molecular formula is C20H12ClN3OS2. The third-order valence-electron chi connectivity index (χ3n) is 3.94. The number of nitriles is 1. The second-order valence-corrected chi connectivity index (χ2v) is 8.21. The summed E-state index contributed by atoms with van der Waals surface area (Å²) in [7, 11) is 0. The van der Waals surface area contributed by atoms with Gasteiger partial charge < -0.3 is 0 Å². The molecule has 1 aliphatic rings. The molecule has 1 amide bonds. The van der Waals surface area contributed by atoms with Gasteiger partial charge in [-0.2, -0.15) is 5.26 Å². The summed E-state index contributed by atoms with van der Waals surface area (Å²) in [4.78, 5) is 21.1. The average molecular weight is 410 g/mol. The Labute approximate surface area is 170 Å². The number of hydrogen-bond acceptors (Lipinski definition) is 5. The van der Waals surface area contributed by atoms with Crippen molar-refractivity contribution >= 4 is 52.4 Å².